The van der Waals surface area contributed by atoms with Gasteiger partial charge < -0.3 is 15.7 Å². The lowest BCUT2D eigenvalue weighted by Gasteiger charge is -2.19. The maximum Gasteiger partial charge on any atom is 0.354 e. The molecule has 2 aromatic rings. The van der Waals surface area contributed by atoms with Gasteiger partial charge in [-0.2, -0.15) is 0 Å². The van der Waals surface area contributed by atoms with Gasteiger partial charge in [-0.05, 0) is 19.1 Å². The summed E-state index contributed by atoms with van der Waals surface area (Å²) in [6.07, 6.45) is 0. The number of carbonyl (C=O) groups is 1. The first-order valence-corrected chi connectivity index (χ1v) is 6.47. The number of aromatic nitrogens is 2. The molecule has 6 nitrogen and oxygen atoms in total. The molecule has 100 valence electrons. The molecule has 0 spiro atoms. The van der Waals surface area contributed by atoms with Crippen LogP contribution in [0.2, 0.25) is 0 Å². The minimum atomic E-state index is -1.07. The number of thiazole rings is 1. The van der Waals surface area contributed by atoms with Crippen molar-refractivity contribution in [1.82, 2.24) is 9.97 Å². The van der Waals surface area contributed by atoms with Crippen LogP contribution in [0.3, 0.4) is 0 Å². The molecule has 3 N–H and O–H groups in total. The number of carboxylic acid groups (broad SMARTS) is 1. The molecule has 0 atom stereocenters. The number of nitrogen functional groups attached to an aromatic ring is 1. The van der Waals surface area contributed by atoms with Crippen molar-refractivity contribution in [3.05, 3.63) is 33.9 Å². The number of hydrogen-bond acceptors (Lipinski definition) is 6. The van der Waals surface area contributed by atoms with Crippen molar-refractivity contribution in [1.29, 1.82) is 0 Å². The highest BCUT2D eigenvalue weighted by Crippen LogP contribution is 2.22. The van der Waals surface area contributed by atoms with Gasteiger partial charge in [-0.1, -0.05) is 0 Å². The molecule has 0 bridgehead atoms. The van der Waals surface area contributed by atoms with Crippen molar-refractivity contribution in [3.8, 4) is 0 Å². The third-order valence-electron chi connectivity index (χ3n) is 2.55. The molecule has 2 rings (SSSR count). The predicted octanol–water partition coefficient (Wildman–Crippen LogP) is 1.76. The van der Waals surface area contributed by atoms with Crippen LogP contribution in [0.1, 0.15) is 21.2 Å². The zero-order valence-corrected chi connectivity index (χ0v) is 11.4. The Morgan fingerprint density at radius 2 is 2.21 bits per heavy atom. The Hall–Kier alpha value is -2.15. The third kappa shape index (κ3) is 3.00. The van der Waals surface area contributed by atoms with Crippen LogP contribution in [-0.4, -0.2) is 28.1 Å². The van der Waals surface area contributed by atoms with E-state index in [4.69, 9.17) is 10.8 Å². The maximum atomic E-state index is 10.9. The topological polar surface area (TPSA) is 92.3 Å². The van der Waals surface area contributed by atoms with Crippen LogP contribution in [0.4, 0.5) is 11.5 Å². The second-order valence-corrected chi connectivity index (χ2v) is 5.19. The van der Waals surface area contributed by atoms with Crippen molar-refractivity contribution in [3.63, 3.8) is 0 Å². The fraction of sp³-hybridized carbons (Fsp3) is 0.250. The van der Waals surface area contributed by atoms with E-state index in [2.05, 4.69) is 9.97 Å². The number of aryl methyl sites for hydroxylation is 1. The highest BCUT2D eigenvalue weighted by molar-refractivity contribution is 7.09. The van der Waals surface area contributed by atoms with E-state index in [1.54, 1.807) is 29.4 Å². The quantitative estimate of drug-likeness (QED) is 0.885. The SMILES string of the molecule is Cc1nc(CN(C)c2nc(C(=O)O)ccc2N)cs1. The summed E-state index contributed by atoms with van der Waals surface area (Å²) in [6, 6.07) is 2.94. The first-order chi connectivity index (χ1) is 8.97. The Morgan fingerprint density at radius 3 is 2.79 bits per heavy atom. The monoisotopic (exact) mass is 278 g/mol. The summed E-state index contributed by atoms with van der Waals surface area (Å²) in [7, 11) is 1.80. The first-order valence-electron chi connectivity index (χ1n) is 5.59. The number of hydrogen-bond donors (Lipinski definition) is 2. The molecule has 2 aromatic heterocycles. The Balaban J connectivity index is 2.25. The standard InChI is InChI=1S/C12H14N4O2S/c1-7-14-8(6-19-7)5-16(2)11-9(13)3-4-10(15-11)12(17)18/h3-4,6H,5,13H2,1-2H3,(H,17,18). The van der Waals surface area contributed by atoms with Crippen LogP contribution in [0.5, 0.6) is 0 Å². The van der Waals surface area contributed by atoms with Gasteiger partial charge in [0.05, 0.1) is 22.9 Å². The highest BCUT2D eigenvalue weighted by Gasteiger charge is 2.13. The fourth-order valence-electron chi connectivity index (χ4n) is 1.68. The molecule has 0 saturated carbocycles. The molecule has 7 heteroatoms. The summed E-state index contributed by atoms with van der Waals surface area (Å²) in [6.45, 7) is 2.47. The van der Waals surface area contributed by atoms with E-state index in [0.717, 1.165) is 10.7 Å². The maximum absolute atomic E-state index is 10.9. The summed E-state index contributed by atoms with van der Waals surface area (Å²) in [5.74, 6) is -0.621. The average molecular weight is 278 g/mol. The van der Waals surface area contributed by atoms with E-state index in [9.17, 15) is 4.79 Å². The molecule has 0 aromatic carbocycles. The smallest absolute Gasteiger partial charge is 0.354 e. The lowest BCUT2D eigenvalue weighted by Crippen LogP contribution is -2.20. The van der Waals surface area contributed by atoms with Crippen LogP contribution in [0, 0.1) is 6.92 Å². The van der Waals surface area contributed by atoms with E-state index in [0.29, 0.717) is 18.1 Å². The molecule has 0 radical (unpaired) electrons. The lowest BCUT2D eigenvalue weighted by atomic mass is 10.3. The lowest BCUT2D eigenvalue weighted by molar-refractivity contribution is 0.0690. The van der Waals surface area contributed by atoms with Gasteiger partial charge in [-0.3, -0.25) is 0 Å². The first kappa shape index (κ1) is 13.3. The number of carboxylic acids is 1. The number of anilines is 2. The molecule has 0 fully saturated rings. The molecule has 0 saturated heterocycles. The molecular weight excluding hydrogens is 264 g/mol. The molecule has 0 amide bonds. The van der Waals surface area contributed by atoms with Crippen molar-refractivity contribution in [2.45, 2.75) is 13.5 Å². The van der Waals surface area contributed by atoms with Crippen molar-refractivity contribution >= 4 is 28.8 Å². The number of rotatable bonds is 4. The van der Waals surface area contributed by atoms with Gasteiger partial charge in [0.1, 0.15) is 0 Å². The summed E-state index contributed by atoms with van der Waals surface area (Å²) < 4.78 is 0. The van der Waals surface area contributed by atoms with E-state index >= 15 is 0 Å². The fourth-order valence-corrected chi connectivity index (χ4v) is 2.29. The number of nitrogens with zero attached hydrogens (tertiary/aromatic N) is 3. The zero-order valence-electron chi connectivity index (χ0n) is 10.6. The van der Waals surface area contributed by atoms with E-state index in [-0.39, 0.29) is 5.69 Å². The molecule has 19 heavy (non-hydrogen) atoms. The third-order valence-corrected chi connectivity index (χ3v) is 3.37. The second kappa shape index (κ2) is 5.23. The van der Waals surface area contributed by atoms with Gasteiger partial charge in [0, 0.05) is 12.4 Å². The van der Waals surface area contributed by atoms with E-state index < -0.39 is 5.97 Å². The molecule has 2 heterocycles. The highest BCUT2D eigenvalue weighted by atomic mass is 32.1. The summed E-state index contributed by atoms with van der Waals surface area (Å²) in [5.41, 5.74) is 7.16. The largest absolute Gasteiger partial charge is 0.477 e. The van der Waals surface area contributed by atoms with Crippen LogP contribution in [0.25, 0.3) is 0 Å². The van der Waals surface area contributed by atoms with Crippen LogP contribution < -0.4 is 10.6 Å². The number of aromatic carboxylic acids is 1. The minimum Gasteiger partial charge on any atom is -0.477 e. The van der Waals surface area contributed by atoms with Gasteiger partial charge >= 0.3 is 5.97 Å². The predicted molar refractivity (Wildman–Crippen MR) is 74.6 cm³/mol. The van der Waals surface area contributed by atoms with Gasteiger partial charge in [0.25, 0.3) is 0 Å². The molecule has 0 aliphatic heterocycles. The Kier molecular flexibility index (Phi) is 3.66. The molecular formula is C12H14N4O2S. The summed E-state index contributed by atoms with van der Waals surface area (Å²) in [4.78, 5) is 21.1. The number of nitrogens with two attached hydrogens (primary N) is 1. The van der Waals surface area contributed by atoms with Crippen LogP contribution in [0.15, 0.2) is 17.5 Å². The Bertz CT molecular complexity index is 612. The number of pyridine rings is 1. The van der Waals surface area contributed by atoms with Crippen LogP contribution in [-0.2, 0) is 6.54 Å². The van der Waals surface area contributed by atoms with Crippen molar-refractivity contribution < 1.29 is 9.90 Å². The van der Waals surface area contributed by atoms with Gasteiger partial charge in [0.15, 0.2) is 11.5 Å². The minimum absolute atomic E-state index is 0.0227. The van der Waals surface area contributed by atoms with Crippen LogP contribution >= 0.6 is 11.3 Å². The zero-order chi connectivity index (χ0) is 14.0. The Labute approximate surface area is 114 Å². The summed E-state index contributed by atoms with van der Waals surface area (Å²) in [5, 5.41) is 11.9. The van der Waals surface area contributed by atoms with Gasteiger partial charge in [-0.15, -0.1) is 11.3 Å². The second-order valence-electron chi connectivity index (χ2n) is 4.13. The van der Waals surface area contributed by atoms with Gasteiger partial charge in [-0.25, -0.2) is 14.8 Å². The van der Waals surface area contributed by atoms with E-state index in [1.165, 1.54) is 6.07 Å². The van der Waals surface area contributed by atoms with Gasteiger partial charge in [0.2, 0.25) is 0 Å². The molecule has 0 aliphatic rings. The van der Waals surface area contributed by atoms with Crippen molar-refractivity contribution in [2.24, 2.45) is 0 Å². The molecule has 0 unspecified atom stereocenters. The van der Waals surface area contributed by atoms with Crippen molar-refractivity contribution in [2.75, 3.05) is 17.7 Å². The Morgan fingerprint density at radius 1 is 1.47 bits per heavy atom. The molecule has 0 aliphatic carbocycles. The summed E-state index contributed by atoms with van der Waals surface area (Å²) >= 11 is 1.57. The average Bonchev–Trinajstić information content (AvgIpc) is 2.74. The van der Waals surface area contributed by atoms with E-state index in [1.807, 2.05) is 12.3 Å². The normalized spacial score (nSPS) is 10.4.